The smallest absolute Gasteiger partial charge is 0.227 e. The van der Waals surface area contributed by atoms with E-state index in [0.717, 1.165) is 37.4 Å². The summed E-state index contributed by atoms with van der Waals surface area (Å²) in [4.78, 5) is 16.8. The maximum absolute atomic E-state index is 12.5. The molecule has 2 fully saturated rings. The Balaban J connectivity index is 1.64. The van der Waals surface area contributed by atoms with E-state index < -0.39 is 0 Å². The fourth-order valence-corrected chi connectivity index (χ4v) is 3.60. The summed E-state index contributed by atoms with van der Waals surface area (Å²) in [5, 5.41) is 0. The van der Waals surface area contributed by atoms with Gasteiger partial charge in [0.15, 0.2) is 0 Å². The number of benzene rings is 1. The number of likely N-dealkylation sites (tertiary alicyclic amines) is 2. The van der Waals surface area contributed by atoms with E-state index in [1.807, 2.05) is 36.2 Å². The molecule has 2 aliphatic heterocycles. The van der Waals surface area contributed by atoms with Crippen LogP contribution in [0.1, 0.15) is 31.2 Å². The first kappa shape index (κ1) is 16.9. The van der Waals surface area contributed by atoms with Crippen molar-refractivity contribution in [2.75, 3.05) is 33.8 Å². The van der Waals surface area contributed by atoms with Crippen LogP contribution in [0.2, 0.25) is 0 Å². The van der Waals surface area contributed by atoms with Crippen molar-refractivity contribution in [1.29, 1.82) is 0 Å². The highest BCUT2D eigenvalue weighted by atomic mass is 16.5. The fourth-order valence-electron chi connectivity index (χ4n) is 3.60. The Kier molecular flexibility index (Phi) is 5.42. The van der Waals surface area contributed by atoms with E-state index in [9.17, 15) is 4.79 Å². The van der Waals surface area contributed by atoms with Crippen LogP contribution >= 0.6 is 0 Å². The minimum Gasteiger partial charge on any atom is -0.497 e. The highest BCUT2D eigenvalue weighted by Gasteiger charge is 2.37. The summed E-state index contributed by atoms with van der Waals surface area (Å²) in [6.45, 7) is 3.15. The second kappa shape index (κ2) is 7.72. The van der Waals surface area contributed by atoms with Crippen LogP contribution in [0.4, 0.5) is 0 Å². The average Bonchev–Trinajstić information content (AvgIpc) is 2.89. The Morgan fingerprint density at radius 3 is 2.79 bits per heavy atom. The molecule has 2 unspecified atom stereocenters. The van der Waals surface area contributed by atoms with Crippen LogP contribution in [0.15, 0.2) is 24.3 Å². The number of ether oxygens (including phenoxy) is 1. The second-order valence-corrected chi connectivity index (χ2v) is 6.76. The molecule has 2 heterocycles. The van der Waals surface area contributed by atoms with Crippen LogP contribution in [0, 0.1) is 17.8 Å². The Hall–Kier alpha value is -1.99. The maximum atomic E-state index is 12.5. The van der Waals surface area contributed by atoms with E-state index in [-0.39, 0.29) is 17.9 Å². The summed E-state index contributed by atoms with van der Waals surface area (Å²) < 4.78 is 5.23. The summed E-state index contributed by atoms with van der Waals surface area (Å²) in [5.41, 5.74) is 0.926. The normalized spacial score (nSPS) is 24.6. The van der Waals surface area contributed by atoms with Crippen LogP contribution in [0.5, 0.6) is 5.75 Å². The molecule has 0 bridgehead atoms. The fraction of sp³-hybridized carbons (Fsp3) is 0.550. The molecule has 0 N–H and O–H groups in total. The van der Waals surface area contributed by atoms with Gasteiger partial charge in [0.05, 0.1) is 19.1 Å². The molecule has 4 heteroatoms. The molecule has 4 nitrogen and oxygen atoms in total. The number of hydrogen-bond donors (Lipinski definition) is 0. The van der Waals surface area contributed by atoms with E-state index in [2.05, 4.69) is 16.7 Å². The Labute approximate surface area is 144 Å². The van der Waals surface area contributed by atoms with Crippen LogP contribution in [0.25, 0.3) is 0 Å². The van der Waals surface area contributed by atoms with Gasteiger partial charge in [-0.15, -0.1) is 0 Å². The third-order valence-electron chi connectivity index (χ3n) is 5.05. The van der Waals surface area contributed by atoms with Crippen LogP contribution in [0.3, 0.4) is 0 Å². The number of amides is 1. The summed E-state index contributed by atoms with van der Waals surface area (Å²) in [6.07, 6.45) is 4.68. The zero-order chi connectivity index (χ0) is 16.9. The minimum absolute atomic E-state index is 0.0125. The zero-order valence-electron chi connectivity index (χ0n) is 14.6. The molecule has 0 aliphatic carbocycles. The molecule has 1 amide bonds. The van der Waals surface area contributed by atoms with Crippen molar-refractivity contribution in [1.82, 2.24) is 9.80 Å². The van der Waals surface area contributed by atoms with Gasteiger partial charge in [0, 0.05) is 19.2 Å². The predicted molar refractivity (Wildman–Crippen MR) is 94.8 cm³/mol. The number of nitrogens with zero attached hydrogens (tertiary/aromatic N) is 2. The Morgan fingerprint density at radius 2 is 2.04 bits per heavy atom. The topological polar surface area (TPSA) is 32.8 Å². The molecule has 2 saturated heterocycles. The van der Waals surface area contributed by atoms with Gasteiger partial charge >= 0.3 is 0 Å². The molecule has 0 spiro atoms. The van der Waals surface area contributed by atoms with Crippen molar-refractivity contribution >= 4 is 5.91 Å². The van der Waals surface area contributed by atoms with Gasteiger partial charge in [-0.1, -0.05) is 24.3 Å². The quantitative estimate of drug-likeness (QED) is 0.800. The highest BCUT2D eigenvalue weighted by molar-refractivity contribution is 5.82. The van der Waals surface area contributed by atoms with Crippen molar-refractivity contribution in [2.24, 2.45) is 5.92 Å². The molecule has 2 aliphatic rings. The van der Waals surface area contributed by atoms with Gasteiger partial charge in [0.1, 0.15) is 5.75 Å². The number of rotatable bonds is 3. The first-order valence-electron chi connectivity index (χ1n) is 8.82. The molecule has 0 saturated carbocycles. The number of carbonyl (C=O) groups is 1. The van der Waals surface area contributed by atoms with Gasteiger partial charge in [-0.3, -0.25) is 4.79 Å². The molecule has 128 valence electrons. The molecular formula is C20H26N2O2. The van der Waals surface area contributed by atoms with E-state index in [0.29, 0.717) is 0 Å². The lowest BCUT2D eigenvalue weighted by molar-refractivity contribution is -0.130. The molecule has 2 atom stereocenters. The molecule has 24 heavy (non-hydrogen) atoms. The van der Waals surface area contributed by atoms with E-state index in [1.54, 1.807) is 7.11 Å². The van der Waals surface area contributed by atoms with Gasteiger partial charge in [0.2, 0.25) is 5.91 Å². The number of methoxy groups -OCH3 is 1. The van der Waals surface area contributed by atoms with Crippen LogP contribution in [-0.4, -0.2) is 55.5 Å². The Morgan fingerprint density at radius 1 is 1.25 bits per heavy atom. The summed E-state index contributed by atoms with van der Waals surface area (Å²) in [6, 6.07) is 7.75. The molecule has 0 aromatic heterocycles. The van der Waals surface area contributed by atoms with Crippen molar-refractivity contribution in [3.05, 3.63) is 29.8 Å². The summed E-state index contributed by atoms with van der Waals surface area (Å²) in [7, 11) is 3.53. The van der Waals surface area contributed by atoms with Crippen LogP contribution < -0.4 is 4.74 Å². The van der Waals surface area contributed by atoms with Gasteiger partial charge in [-0.2, -0.15) is 0 Å². The van der Waals surface area contributed by atoms with Gasteiger partial charge < -0.3 is 14.5 Å². The molecule has 0 radical (unpaired) electrons. The minimum atomic E-state index is 0.0125. The Bertz CT molecular complexity index is 641. The zero-order valence-corrected chi connectivity index (χ0v) is 14.6. The predicted octanol–water partition coefficient (Wildman–Crippen LogP) is 2.38. The van der Waals surface area contributed by atoms with E-state index in [4.69, 9.17) is 4.74 Å². The number of carbonyl (C=O) groups excluding carboxylic acids is 1. The third kappa shape index (κ3) is 3.91. The lowest BCUT2D eigenvalue weighted by Gasteiger charge is -2.28. The third-order valence-corrected chi connectivity index (χ3v) is 5.05. The van der Waals surface area contributed by atoms with E-state index >= 15 is 0 Å². The monoisotopic (exact) mass is 326 g/mol. The largest absolute Gasteiger partial charge is 0.497 e. The summed E-state index contributed by atoms with van der Waals surface area (Å²) in [5.74, 6) is 7.62. The van der Waals surface area contributed by atoms with Gasteiger partial charge in [-0.05, 0) is 50.6 Å². The average molecular weight is 326 g/mol. The van der Waals surface area contributed by atoms with Crippen molar-refractivity contribution in [3.63, 3.8) is 0 Å². The van der Waals surface area contributed by atoms with Crippen molar-refractivity contribution in [2.45, 2.75) is 31.7 Å². The first-order chi connectivity index (χ1) is 11.7. The number of piperidine rings is 1. The van der Waals surface area contributed by atoms with E-state index in [1.165, 1.54) is 19.3 Å². The van der Waals surface area contributed by atoms with Gasteiger partial charge in [-0.25, -0.2) is 0 Å². The first-order valence-corrected chi connectivity index (χ1v) is 8.82. The van der Waals surface area contributed by atoms with Crippen molar-refractivity contribution in [3.8, 4) is 17.6 Å². The molecule has 1 aromatic rings. The SMILES string of the molecule is COc1cccc(C#CC2CC(CN3CCCCC3)C(=O)N2C)c1. The highest BCUT2D eigenvalue weighted by Crippen LogP contribution is 2.25. The molecule has 3 rings (SSSR count). The molecular weight excluding hydrogens is 300 g/mol. The standard InChI is InChI=1S/C20H26N2O2/c1-21-18(10-9-16-7-6-8-19(13-16)24-2)14-17(20(21)23)15-22-11-4-3-5-12-22/h6-8,13,17-18H,3-5,11-12,14-15H2,1-2H3. The van der Waals surface area contributed by atoms with Crippen LogP contribution in [-0.2, 0) is 4.79 Å². The molecule has 1 aromatic carbocycles. The second-order valence-electron chi connectivity index (χ2n) is 6.76. The van der Waals surface area contributed by atoms with Gasteiger partial charge in [0.25, 0.3) is 0 Å². The lowest BCUT2D eigenvalue weighted by Crippen LogP contribution is -2.37. The van der Waals surface area contributed by atoms with Crippen molar-refractivity contribution < 1.29 is 9.53 Å². The number of hydrogen-bond acceptors (Lipinski definition) is 3. The summed E-state index contributed by atoms with van der Waals surface area (Å²) >= 11 is 0. The lowest BCUT2D eigenvalue weighted by atomic mass is 10.0. The maximum Gasteiger partial charge on any atom is 0.227 e.